The monoisotopic (exact) mass is 227 g/mol. The van der Waals surface area contributed by atoms with Crippen molar-refractivity contribution in [3.8, 4) is 0 Å². The predicted molar refractivity (Wildman–Crippen MR) is 66.2 cm³/mol. The van der Waals surface area contributed by atoms with Gasteiger partial charge >= 0.3 is 0 Å². The van der Waals surface area contributed by atoms with E-state index in [1.54, 1.807) is 0 Å². The molecule has 0 saturated carbocycles. The van der Waals surface area contributed by atoms with Crippen LogP contribution in [-0.4, -0.2) is 43.0 Å². The van der Waals surface area contributed by atoms with Crippen LogP contribution in [-0.2, 0) is 4.79 Å². The Morgan fingerprint density at radius 2 is 2.06 bits per heavy atom. The first kappa shape index (κ1) is 13.5. The highest BCUT2D eigenvalue weighted by atomic mass is 16.1. The smallest absolute Gasteiger partial charge is 0.220 e. The van der Waals surface area contributed by atoms with E-state index in [1.807, 2.05) is 0 Å². The molecule has 1 aliphatic rings. The van der Waals surface area contributed by atoms with Crippen molar-refractivity contribution < 1.29 is 4.79 Å². The van der Waals surface area contributed by atoms with Crippen molar-refractivity contribution in [1.29, 1.82) is 0 Å². The Kier molecular flexibility index (Phi) is 6.42. The number of piperidine rings is 1. The maximum absolute atomic E-state index is 11.5. The van der Waals surface area contributed by atoms with Gasteiger partial charge in [-0.25, -0.2) is 0 Å². The molecular formula is C12H25N3O. The second kappa shape index (κ2) is 7.63. The molecule has 4 nitrogen and oxygen atoms in total. The Hall–Kier alpha value is -0.610. The van der Waals surface area contributed by atoms with Gasteiger partial charge in [-0.3, -0.25) is 4.79 Å². The largest absolute Gasteiger partial charge is 0.352 e. The van der Waals surface area contributed by atoms with Gasteiger partial charge in [0.25, 0.3) is 0 Å². The number of hydrogen-bond donors (Lipinski definition) is 2. The molecular weight excluding hydrogens is 202 g/mol. The number of carbonyl (C=O) groups is 1. The van der Waals surface area contributed by atoms with Crippen LogP contribution in [0.15, 0.2) is 0 Å². The van der Waals surface area contributed by atoms with E-state index >= 15 is 0 Å². The summed E-state index contributed by atoms with van der Waals surface area (Å²) in [6.45, 7) is 6.02. The molecule has 1 atom stereocenters. The Labute approximate surface area is 98.6 Å². The van der Waals surface area contributed by atoms with Crippen LogP contribution in [0.3, 0.4) is 0 Å². The van der Waals surface area contributed by atoms with Crippen molar-refractivity contribution in [2.45, 2.75) is 45.1 Å². The molecule has 1 aliphatic heterocycles. The maximum Gasteiger partial charge on any atom is 0.220 e. The zero-order valence-corrected chi connectivity index (χ0v) is 10.4. The molecule has 1 rings (SSSR count). The van der Waals surface area contributed by atoms with Crippen molar-refractivity contribution in [1.82, 2.24) is 10.2 Å². The van der Waals surface area contributed by atoms with Gasteiger partial charge in [0.1, 0.15) is 0 Å². The molecule has 0 aromatic carbocycles. The SMILES string of the molecule is CC(CN1CCCCC1)NC(=O)CCCN. The van der Waals surface area contributed by atoms with E-state index in [-0.39, 0.29) is 11.9 Å². The van der Waals surface area contributed by atoms with E-state index in [4.69, 9.17) is 5.73 Å². The first-order valence-corrected chi connectivity index (χ1v) is 6.44. The third-order valence-electron chi connectivity index (χ3n) is 3.00. The highest BCUT2D eigenvalue weighted by Crippen LogP contribution is 2.08. The zero-order valence-electron chi connectivity index (χ0n) is 10.4. The third-order valence-corrected chi connectivity index (χ3v) is 3.00. The summed E-state index contributed by atoms with van der Waals surface area (Å²) in [5.41, 5.74) is 5.37. The molecule has 0 spiro atoms. The van der Waals surface area contributed by atoms with Crippen LogP contribution >= 0.6 is 0 Å². The van der Waals surface area contributed by atoms with Crippen LogP contribution in [0.4, 0.5) is 0 Å². The lowest BCUT2D eigenvalue weighted by Gasteiger charge is -2.29. The van der Waals surface area contributed by atoms with E-state index in [2.05, 4.69) is 17.1 Å². The average molecular weight is 227 g/mol. The van der Waals surface area contributed by atoms with Crippen molar-refractivity contribution in [2.75, 3.05) is 26.2 Å². The number of nitrogens with two attached hydrogens (primary N) is 1. The summed E-state index contributed by atoms with van der Waals surface area (Å²) in [5, 5.41) is 3.03. The van der Waals surface area contributed by atoms with Gasteiger partial charge in [0.2, 0.25) is 5.91 Å². The van der Waals surface area contributed by atoms with Gasteiger partial charge < -0.3 is 16.0 Å². The second-order valence-corrected chi connectivity index (χ2v) is 4.72. The first-order valence-electron chi connectivity index (χ1n) is 6.44. The van der Waals surface area contributed by atoms with Crippen molar-refractivity contribution in [3.63, 3.8) is 0 Å². The van der Waals surface area contributed by atoms with E-state index in [0.29, 0.717) is 13.0 Å². The lowest BCUT2D eigenvalue weighted by Crippen LogP contribution is -2.43. The van der Waals surface area contributed by atoms with Gasteiger partial charge in [0.05, 0.1) is 0 Å². The molecule has 3 N–H and O–H groups in total. The van der Waals surface area contributed by atoms with Gasteiger partial charge in [-0.05, 0) is 45.8 Å². The topological polar surface area (TPSA) is 58.4 Å². The lowest BCUT2D eigenvalue weighted by atomic mass is 10.1. The number of amides is 1. The minimum Gasteiger partial charge on any atom is -0.352 e. The van der Waals surface area contributed by atoms with Crippen LogP contribution in [0.25, 0.3) is 0 Å². The van der Waals surface area contributed by atoms with Gasteiger partial charge in [-0.1, -0.05) is 6.42 Å². The number of nitrogens with one attached hydrogen (secondary N) is 1. The fourth-order valence-electron chi connectivity index (χ4n) is 2.18. The molecule has 1 unspecified atom stereocenters. The maximum atomic E-state index is 11.5. The van der Waals surface area contributed by atoms with Crippen LogP contribution in [0.2, 0.25) is 0 Å². The van der Waals surface area contributed by atoms with Crippen molar-refractivity contribution >= 4 is 5.91 Å². The lowest BCUT2D eigenvalue weighted by molar-refractivity contribution is -0.121. The Balaban J connectivity index is 2.13. The van der Waals surface area contributed by atoms with Gasteiger partial charge in [0.15, 0.2) is 0 Å². The third kappa shape index (κ3) is 5.47. The fourth-order valence-corrected chi connectivity index (χ4v) is 2.18. The highest BCUT2D eigenvalue weighted by molar-refractivity contribution is 5.76. The van der Waals surface area contributed by atoms with E-state index in [1.165, 1.54) is 32.4 Å². The molecule has 0 radical (unpaired) electrons. The summed E-state index contributed by atoms with van der Waals surface area (Å²) in [6, 6.07) is 0.253. The summed E-state index contributed by atoms with van der Waals surface area (Å²) in [6.07, 6.45) is 5.29. The van der Waals surface area contributed by atoms with E-state index < -0.39 is 0 Å². The summed E-state index contributed by atoms with van der Waals surface area (Å²) < 4.78 is 0. The molecule has 1 heterocycles. The molecule has 0 aromatic rings. The average Bonchev–Trinajstić information content (AvgIpc) is 2.27. The summed E-state index contributed by atoms with van der Waals surface area (Å²) >= 11 is 0. The van der Waals surface area contributed by atoms with Crippen LogP contribution in [0.5, 0.6) is 0 Å². The number of rotatable bonds is 6. The Bertz CT molecular complexity index is 202. The standard InChI is InChI=1S/C12H25N3O/c1-11(14-12(16)6-5-7-13)10-15-8-3-2-4-9-15/h11H,2-10,13H2,1H3,(H,14,16). The van der Waals surface area contributed by atoms with Crippen LogP contribution in [0.1, 0.15) is 39.0 Å². The molecule has 0 bridgehead atoms. The zero-order chi connectivity index (χ0) is 11.8. The molecule has 0 aliphatic carbocycles. The van der Waals surface area contributed by atoms with Crippen LogP contribution in [0, 0.1) is 0 Å². The molecule has 4 heteroatoms. The molecule has 1 amide bonds. The molecule has 0 aromatic heterocycles. The Morgan fingerprint density at radius 1 is 1.38 bits per heavy atom. The van der Waals surface area contributed by atoms with Crippen molar-refractivity contribution in [2.24, 2.45) is 5.73 Å². The highest BCUT2D eigenvalue weighted by Gasteiger charge is 2.14. The molecule has 1 fully saturated rings. The summed E-state index contributed by atoms with van der Waals surface area (Å²) in [4.78, 5) is 13.9. The first-order chi connectivity index (χ1) is 7.72. The second-order valence-electron chi connectivity index (χ2n) is 4.72. The number of hydrogen-bond acceptors (Lipinski definition) is 3. The van der Waals surface area contributed by atoms with Gasteiger partial charge in [-0.15, -0.1) is 0 Å². The minimum atomic E-state index is 0.134. The van der Waals surface area contributed by atoms with Crippen LogP contribution < -0.4 is 11.1 Å². The summed E-state index contributed by atoms with van der Waals surface area (Å²) in [7, 11) is 0. The predicted octanol–water partition coefficient (Wildman–Crippen LogP) is 0.716. The number of carbonyl (C=O) groups excluding carboxylic acids is 1. The van der Waals surface area contributed by atoms with Gasteiger partial charge in [-0.2, -0.15) is 0 Å². The van der Waals surface area contributed by atoms with E-state index in [0.717, 1.165) is 13.0 Å². The molecule has 16 heavy (non-hydrogen) atoms. The Morgan fingerprint density at radius 3 is 2.69 bits per heavy atom. The van der Waals surface area contributed by atoms with Crippen molar-refractivity contribution in [3.05, 3.63) is 0 Å². The quantitative estimate of drug-likeness (QED) is 0.703. The fraction of sp³-hybridized carbons (Fsp3) is 0.917. The number of nitrogens with zero attached hydrogens (tertiary/aromatic N) is 1. The van der Waals surface area contributed by atoms with Gasteiger partial charge in [0, 0.05) is 19.0 Å². The van der Waals surface area contributed by atoms with E-state index in [9.17, 15) is 4.79 Å². The normalized spacial score (nSPS) is 19.4. The molecule has 94 valence electrons. The molecule has 1 saturated heterocycles. The summed E-state index contributed by atoms with van der Waals surface area (Å²) in [5.74, 6) is 0.134. The minimum absolute atomic E-state index is 0.134. The number of likely N-dealkylation sites (tertiary alicyclic amines) is 1.